The third-order valence-electron chi connectivity index (χ3n) is 7.96. The summed E-state index contributed by atoms with van der Waals surface area (Å²) in [6.07, 6.45) is 0.783. The number of benzene rings is 1. The van der Waals surface area contributed by atoms with Gasteiger partial charge in [0, 0.05) is 6.61 Å². The van der Waals surface area contributed by atoms with Gasteiger partial charge in [-0.3, -0.25) is 23.4 Å². The van der Waals surface area contributed by atoms with Gasteiger partial charge in [-0.2, -0.15) is 8.42 Å². The van der Waals surface area contributed by atoms with Crippen molar-refractivity contribution in [2.24, 2.45) is 22.7 Å². The second-order valence-corrected chi connectivity index (χ2v) is 14.4. The van der Waals surface area contributed by atoms with Crippen LogP contribution in [0, 0.1) is 29.6 Å². The number of epoxide rings is 1. The van der Waals surface area contributed by atoms with E-state index in [0.29, 0.717) is 19.4 Å². The minimum atomic E-state index is -4.05. The van der Waals surface area contributed by atoms with Crippen LogP contribution in [0.2, 0.25) is 0 Å². The van der Waals surface area contributed by atoms with Crippen LogP contribution in [0.25, 0.3) is 0 Å². The van der Waals surface area contributed by atoms with Crippen LogP contribution in [0.15, 0.2) is 29.2 Å². The number of methoxy groups -OCH3 is 1. The number of aryl methyl sites for hydroxylation is 1. The fourth-order valence-corrected chi connectivity index (χ4v) is 6.20. The Bertz CT molecular complexity index is 1290. The molecule has 13 nitrogen and oxygen atoms in total. The maximum Gasteiger partial charge on any atom is 0.311 e. The summed E-state index contributed by atoms with van der Waals surface area (Å²) in [7, 11) is -2.84. The summed E-state index contributed by atoms with van der Waals surface area (Å²) in [5, 5.41) is 9.09. The normalized spacial score (nSPS) is 17.1. The first-order valence-corrected chi connectivity index (χ1v) is 17.3. The monoisotopic (exact) mass is 686 g/mol. The predicted molar refractivity (Wildman–Crippen MR) is 168 cm³/mol. The van der Waals surface area contributed by atoms with Gasteiger partial charge in [-0.15, -0.1) is 0 Å². The zero-order valence-corrected chi connectivity index (χ0v) is 29.1. The van der Waals surface area contributed by atoms with E-state index in [0.717, 1.165) is 5.56 Å². The minimum absolute atomic E-state index is 0.0248. The Hall–Kier alpha value is -3.07. The van der Waals surface area contributed by atoms with Crippen LogP contribution in [0.5, 0.6) is 0 Å². The molecule has 1 fully saturated rings. The highest BCUT2D eigenvalue weighted by atomic mass is 32.2. The van der Waals surface area contributed by atoms with Gasteiger partial charge in [-0.05, 0) is 78.4 Å². The molecule has 1 aromatic rings. The summed E-state index contributed by atoms with van der Waals surface area (Å²) >= 11 is 0. The van der Waals surface area contributed by atoms with Gasteiger partial charge in [0.15, 0.2) is 0 Å². The van der Waals surface area contributed by atoms with Gasteiger partial charge in [0.25, 0.3) is 10.1 Å². The molecular formula is C33H50O13S. The molecule has 266 valence electrons. The molecule has 14 heteroatoms. The first-order valence-electron chi connectivity index (χ1n) is 15.9. The van der Waals surface area contributed by atoms with E-state index in [1.165, 1.54) is 19.2 Å². The van der Waals surface area contributed by atoms with Crippen molar-refractivity contribution in [2.45, 2.75) is 84.1 Å². The van der Waals surface area contributed by atoms with E-state index >= 15 is 0 Å². The molecular weight excluding hydrogens is 636 g/mol. The molecule has 0 aliphatic carbocycles. The van der Waals surface area contributed by atoms with Crippen LogP contribution in [0.4, 0.5) is 0 Å². The fraction of sp³-hybridized carbons (Fsp3) is 0.697. The molecule has 47 heavy (non-hydrogen) atoms. The molecule has 0 spiro atoms. The van der Waals surface area contributed by atoms with Gasteiger partial charge in [0.2, 0.25) is 0 Å². The molecule has 1 aromatic carbocycles. The topological polar surface area (TPSA) is 181 Å². The average Bonchev–Trinajstić information content (AvgIpc) is 3.86. The van der Waals surface area contributed by atoms with Gasteiger partial charge < -0.3 is 28.8 Å². The van der Waals surface area contributed by atoms with Crippen LogP contribution < -0.4 is 0 Å². The largest absolute Gasteiger partial charge is 0.469 e. The number of rotatable bonds is 22. The van der Waals surface area contributed by atoms with E-state index in [-0.39, 0.29) is 63.1 Å². The van der Waals surface area contributed by atoms with Crippen LogP contribution in [0.1, 0.15) is 71.8 Å². The molecule has 2 rings (SSSR count). The standard InChI is InChI=1S/C33H50O13S/c1-7-24(28(35)43-16-17-46-47(39,40)27-12-10-23(2)11-13-27)18-25(29(36)42-15-9-8-14-34)19-33(5,31(38)41-6)22-32(3,4)30(37)45-21-26-20-44-26/h10-13,24-26,34H,7-9,14-22H2,1-6H3. The van der Waals surface area contributed by atoms with Crippen molar-refractivity contribution in [3.8, 4) is 0 Å². The van der Waals surface area contributed by atoms with E-state index < -0.39 is 63.3 Å². The second-order valence-electron chi connectivity index (χ2n) is 12.8. The highest BCUT2D eigenvalue weighted by Crippen LogP contribution is 2.42. The molecule has 0 amide bonds. The molecule has 1 aliphatic heterocycles. The maximum atomic E-state index is 13.4. The smallest absolute Gasteiger partial charge is 0.311 e. The molecule has 1 aliphatic rings. The molecule has 0 saturated carbocycles. The van der Waals surface area contributed by atoms with Crippen molar-refractivity contribution >= 4 is 34.0 Å². The SMILES string of the molecule is CCC(CC(CC(C)(CC(C)(C)C(=O)OCC1CO1)C(=O)OC)C(=O)OCCCCO)C(=O)OCCOS(=O)(=O)c1ccc(C)cc1. The summed E-state index contributed by atoms with van der Waals surface area (Å²) in [4.78, 5) is 52.6. The number of carbonyl (C=O) groups excluding carboxylic acids is 4. The highest BCUT2D eigenvalue weighted by Gasteiger charge is 2.47. The lowest BCUT2D eigenvalue weighted by Gasteiger charge is -2.36. The van der Waals surface area contributed by atoms with Crippen LogP contribution in [-0.4, -0.2) is 90.3 Å². The third-order valence-corrected chi connectivity index (χ3v) is 9.29. The maximum absolute atomic E-state index is 13.4. The van der Waals surface area contributed by atoms with Crippen LogP contribution >= 0.6 is 0 Å². The Kier molecular flexibility index (Phi) is 15.8. The number of carbonyl (C=O) groups is 4. The highest BCUT2D eigenvalue weighted by molar-refractivity contribution is 7.86. The number of aliphatic hydroxyl groups excluding tert-OH is 1. The Morgan fingerprint density at radius 1 is 0.936 bits per heavy atom. The fourth-order valence-electron chi connectivity index (χ4n) is 5.31. The number of ether oxygens (including phenoxy) is 5. The number of hydrogen-bond donors (Lipinski definition) is 1. The van der Waals surface area contributed by atoms with E-state index in [9.17, 15) is 27.6 Å². The first-order chi connectivity index (χ1) is 22.1. The molecule has 1 N–H and O–H groups in total. The Balaban J connectivity index is 2.15. The lowest BCUT2D eigenvalue weighted by Crippen LogP contribution is -2.41. The quantitative estimate of drug-likeness (QED) is 0.0616. The number of aliphatic hydroxyl groups is 1. The zero-order chi connectivity index (χ0) is 35.3. The van der Waals surface area contributed by atoms with E-state index in [1.54, 1.807) is 39.8 Å². The van der Waals surface area contributed by atoms with Gasteiger partial charge in [0.05, 0.1) is 47.9 Å². The van der Waals surface area contributed by atoms with Crippen LogP contribution in [-0.2, 0) is 57.2 Å². The van der Waals surface area contributed by atoms with Crippen molar-refractivity contribution in [1.29, 1.82) is 0 Å². The number of hydrogen-bond acceptors (Lipinski definition) is 13. The number of unbranched alkanes of at least 4 members (excludes halogenated alkanes) is 1. The van der Waals surface area contributed by atoms with Gasteiger partial charge >= 0.3 is 23.9 Å². The molecule has 0 bridgehead atoms. The number of esters is 4. The minimum Gasteiger partial charge on any atom is -0.469 e. The molecule has 4 unspecified atom stereocenters. The second kappa shape index (κ2) is 18.5. The van der Waals surface area contributed by atoms with E-state index in [2.05, 4.69) is 0 Å². The summed E-state index contributed by atoms with van der Waals surface area (Å²) in [5.74, 6) is -4.29. The lowest BCUT2D eigenvalue weighted by molar-refractivity contribution is -0.164. The van der Waals surface area contributed by atoms with Crippen molar-refractivity contribution in [3.63, 3.8) is 0 Å². The van der Waals surface area contributed by atoms with Gasteiger partial charge in [-0.1, -0.05) is 24.6 Å². The van der Waals surface area contributed by atoms with Crippen molar-refractivity contribution < 1.29 is 60.6 Å². The van der Waals surface area contributed by atoms with Crippen molar-refractivity contribution in [2.75, 3.05) is 46.8 Å². The van der Waals surface area contributed by atoms with E-state index in [4.69, 9.17) is 33.0 Å². The summed E-state index contributed by atoms with van der Waals surface area (Å²) < 4.78 is 56.3. The molecule has 1 saturated heterocycles. The summed E-state index contributed by atoms with van der Waals surface area (Å²) in [6.45, 7) is 8.23. The molecule has 0 aromatic heterocycles. The zero-order valence-electron chi connectivity index (χ0n) is 28.3. The average molecular weight is 687 g/mol. The molecule has 1 heterocycles. The van der Waals surface area contributed by atoms with Gasteiger partial charge in [0.1, 0.15) is 25.9 Å². The Labute approximate surface area is 277 Å². The summed E-state index contributed by atoms with van der Waals surface area (Å²) in [5.41, 5.74) is -1.62. The first kappa shape index (κ1) is 40.1. The van der Waals surface area contributed by atoms with Crippen molar-refractivity contribution in [1.82, 2.24) is 0 Å². The predicted octanol–water partition coefficient (Wildman–Crippen LogP) is 3.52. The van der Waals surface area contributed by atoms with E-state index in [1.807, 2.05) is 6.92 Å². The third kappa shape index (κ3) is 13.2. The molecule has 4 atom stereocenters. The van der Waals surface area contributed by atoms with Crippen LogP contribution in [0.3, 0.4) is 0 Å². The molecule has 0 radical (unpaired) electrons. The Morgan fingerprint density at radius 3 is 2.13 bits per heavy atom. The lowest BCUT2D eigenvalue weighted by atomic mass is 9.68. The Morgan fingerprint density at radius 2 is 1.55 bits per heavy atom. The van der Waals surface area contributed by atoms with Crippen molar-refractivity contribution in [3.05, 3.63) is 29.8 Å². The van der Waals surface area contributed by atoms with Gasteiger partial charge in [-0.25, -0.2) is 0 Å². The summed E-state index contributed by atoms with van der Waals surface area (Å²) in [6, 6.07) is 6.11.